The number of likely N-dealkylation sites (N-methyl/N-ethyl adjacent to an activating group) is 1. The third-order valence-corrected chi connectivity index (χ3v) is 6.16. The summed E-state index contributed by atoms with van der Waals surface area (Å²) in [6, 6.07) is 4.94. The summed E-state index contributed by atoms with van der Waals surface area (Å²) in [5.74, 6) is -0.0367. The van der Waals surface area contributed by atoms with Crippen molar-refractivity contribution in [1.82, 2.24) is 14.5 Å². The molecule has 1 aromatic rings. The second-order valence-corrected chi connectivity index (χ2v) is 7.88. The highest BCUT2D eigenvalue weighted by Gasteiger charge is 2.30. The molecule has 6 nitrogen and oxygen atoms in total. The maximum atomic E-state index is 12.7. The third-order valence-electron chi connectivity index (χ3n) is 3.78. The molecule has 8 heteroatoms. The summed E-state index contributed by atoms with van der Waals surface area (Å²) in [4.78, 5) is 13.7. The molecule has 1 aliphatic rings. The van der Waals surface area contributed by atoms with E-state index in [-0.39, 0.29) is 15.8 Å². The first-order valence-corrected chi connectivity index (χ1v) is 9.41. The van der Waals surface area contributed by atoms with Crippen LogP contribution >= 0.6 is 11.6 Å². The molecule has 0 spiro atoms. The Morgan fingerprint density at radius 3 is 2.48 bits per heavy atom. The number of hydrogen-bond acceptors (Lipinski definition) is 4. The summed E-state index contributed by atoms with van der Waals surface area (Å²) in [5.41, 5.74) is 0.917. The van der Waals surface area contributed by atoms with Crippen LogP contribution in [-0.2, 0) is 14.8 Å². The zero-order valence-corrected chi connectivity index (χ0v) is 15.0. The SMILES string of the molecule is CCNC(=O)CN1CCN(S(=O)(=O)c2ccc(C)cc2Cl)CC1. The van der Waals surface area contributed by atoms with Crippen molar-refractivity contribution in [3.63, 3.8) is 0 Å². The monoisotopic (exact) mass is 359 g/mol. The molecule has 128 valence electrons. The number of amides is 1. The average molecular weight is 360 g/mol. The van der Waals surface area contributed by atoms with Gasteiger partial charge in [-0.2, -0.15) is 4.31 Å². The lowest BCUT2D eigenvalue weighted by molar-refractivity contribution is -0.122. The van der Waals surface area contributed by atoms with Gasteiger partial charge in [-0.05, 0) is 31.5 Å². The molecule has 1 saturated heterocycles. The molecular formula is C15H22ClN3O3S. The van der Waals surface area contributed by atoms with Crippen LogP contribution < -0.4 is 5.32 Å². The lowest BCUT2D eigenvalue weighted by atomic mass is 10.2. The van der Waals surface area contributed by atoms with Crippen molar-refractivity contribution in [2.45, 2.75) is 18.7 Å². The molecule has 0 aliphatic carbocycles. The zero-order valence-electron chi connectivity index (χ0n) is 13.4. The van der Waals surface area contributed by atoms with Gasteiger partial charge in [0, 0.05) is 32.7 Å². The first-order valence-electron chi connectivity index (χ1n) is 7.60. The fraction of sp³-hybridized carbons (Fsp3) is 0.533. The summed E-state index contributed by atoms with van der Waals surface area (Å²) in [6.45, 7) is 6.39. The maximum absolute atomic E-state index is 12.7. The summed E-state index contributed by atoms with van der Waals surface area (Å²) in [7, 11) is -3.60. The number of nitrogens with zero attached hydrogens (tertiary/aromatic N) is 2. The van der Waals surface area contributed by atoms with E-state index in [1.165, 1.54) is 4.31 Å². The van der Waals surface area contributed by atoms with Crippen molar-refractivity contribution in [3.8, 4) is 0 Å². The summed E-state index contributed by atoms with van der Waals surface area (Å²) in [5, 5.41) is 2.99. The number of piperazine rings is 1. The van der Waals surface area contributed by atoms with E-state index in [2.05, 4.69) is 5.32 Å². The Hall–Kier alpha value is -1.15. The number of halogens is 1. The van der Waals surface area contributed by atoms with Crippen LogP contribution in [0.25, 0.3) is 0 Å². The Morgan fingerprint density at radius 1 is 1.26 bits per heavy atom. The first-order chi connectivity index (χ1) is 10.8. The Kier molecular flexibility index (Phi) is 6.02. The second-order valence-electron chi connectivity index (χ2n) is 5.57. The molecule has 1 aromatic carbocycles. The highest BCUT2D eigenvalue weighted by atomic mass is 35.5. The minimum Gasteiger partial charge on any atom is -0.355 e. The van der Waals surface area contributed by atoms with Gasteiger partial charge < -0.3 is 5.32 Å². The van der Waals surface area contributed by atoms with E-state index < -0.39 is 10.0 Å². The predicted molar refractivity (Wildman–Crippen MR) is 90.1 cm³/mol. The van der Waals surface area contributed by atoms with Crippen LogP contribution in [0.1, 0.15) is 12.5 Å². The molecule has 0 radical (unpaired) electrons. The van der Waals surface area contributed by atoms with Gasteiger partial charge in [-0.15, -0.1) is 0 Å². The summed E-state index contributed by atoms with van der Waals surface area (Å²) >= 11 is 6.10. The molecule has 0 unspecified atom stereocenters. The molecule has 0 aromatic heterocycles. The molecule has 23 heavy (non-hydrogen) atoms. The number of hydrogen-bond donors (Lipinski definition) is 1. The molecule has 1 heterocycles. The van der Waals surface area contributed by atoms with Gasteiger partial charge in [0.05, 0.1) is 11.6 Å². The summed E-state index contributed by atoms with van der Waals surface area (Å²) in [6.07, 6.45) is 0. The smallest absolute Gasteiger partial charge is 0.244 e. The standard InChI is InChI=1S/C15H22ClN3O3S/c1-3-17-15(20)11-18-6-8-19(9-7-18)23(21,22)14-5-4-12(2)10-13(14)16/h4-5,10H,3,6-9,11H2,1-2H3,(H,17,20). The molecule has 1 fully saturated rings. The van der Waals surface area contributed by atoms with Crippen LogP contribution in [0.15, 0.2) is 23.1 Å². The molecule has 2 rings (SSSR count). The van der Waals surface area contributed by atoms with Crippen LogP contribution in [0.3, 0.4) is 0 Å². The zero-order chi connectivity index (χ0) is 17.0. The van der Waals surface area contributed by atoms with Crippen molar-refractivity contribution in [2.75, 3.05) is 39.3 Å². The highest BCUT2D eigenvalue weighted by molar-refractivity contribution is 7.89. The molecular weight excluding hydrogens is 338 g/mol. The van der Waals surface area contributed by atoms with Crippen LogP contribution in [-0.4, -0.2) is 62.8 Å². The van der Waals surface area contributed by atoms with Gasteiger partial charge in [-0.3, -0.25) is 9.69 Å². The minimum atomic E-state index is -3.60. The predicted octanol–water partition coefficient (Wildman–Crippen LogP) is 1.09. The quantitative estimate of drug-likeness (QED) is 0.854. The van der Waals surface area contributed by atoms with Crippen LogP contribution in [0.5, 0.6) is 0 Å². The van der Waals surface area contributed by atoms with E-state index in [0.717, 1.165) is 5.56 Å². The Morgan fingerprint density at radius 2 is 1.91 bits per heavy atom. The first kappa shape index (κ1) is 18.2. The van der Waals surface area contributed by atoms with Crippen LogP contribution in [0.2, 0.25) is 5.02 Å². The number of carbonyl (C=O) groups excluding carboxylic acids is 1. The van der Waals surface area contributed by atoms with Crippen molar-refractivity contribution >= 4 is 27.5 Å². The van der Waals surface area contributed by atoms with Gasteiger partial charge in [-0.25, -0.2) is 8.42 Å². The number of nitrogens with one attached hydrogen (secondary N) is 1. The lowest BCUT2D eigenvalue weighted by Crippen LogP contribution is -2.51. The normalized spacial score (nSPS) is 17.2. The van der Waals surface area contributed by atoms with E-state index in [4.69, 9.17) is 11.6 Å². The number of aryl methyl sites for hydroxylation is 1. The maximum Gasteiger partial charge on any atom is 0.244 e. The van der Waals surface area contributed by atoms with Crippen molar-refractivity contribution in [3.05, 3.63) is 28.8 Å². The van der Waals surface area contributed by atoms with E-state index in [1.54, 1.807) is 18.2 Å². The van der Waals surface area contributed by atoms with Gasteiger partial charge in [-0.1, -0.05) is 17.7 Å². The lowest BCUT2D eigenvalue weighted by Gasteiger charge is -2.33. The molecule has 1 amide bonds. The van der Waals surface area contributed by atoms with E-state index in [1.807, 2.05) is 18.7 Å². The van der Waals surface area contributed by atoms with E-state index >= 15 is 0 Å². The number of carbonyl (C=O) groups is 1. The second kappa shape index (κ2) is 7.61. The number of sulfonamides is 1. The van der Waals surface area contributed by atoms with Crippen molar-refractivity contribution in [1.29, 1.82) is 0 Å². The van der Waals surface area contributed by atoms with Crippen LogP contribution in [0, 0.1) is 6.92 Å². The molecule has 1 N–H and O–H groups in total. The largest absolute Gasteiger partial charge is 0.355 e. The van der Waals surface area contributed by atoms with Crippen molar-refractivity contribution in [2.24, 2.45) is 0 Å². The average Bonchev–Trinajstić information content (AvgIpc) is 2.47. The number of rotatable bonds is 5. The third kappa shape index (κ3) is 4.44. The van der Waals surface area contributed by atoms with Gasteiger partial charge in [0.15, 0.2) is 0 Å². The fourth-order valence-corrected chi connectivity index (χ4v) is 4.53. The van der Waals surface area contributed by atoms with Gasteiger partial charge >= 0.3 is 0 Å². The van der Waals surface area contributed by atoms with Gasteiger partial charge in [0.2, 0.25) is 15.9 Å². The molecule has 1 aliphatic heterocycles. The van der Waals surface area contributed by atoms with E-state index in [0.29, 0.717) is 39.3 Å². The molecule has 0 bridgehead atoms. The Labute approximate surface area is 142 Å². The van der Waals surface area contributed by atoms with E-state index in [9.17, 15) is 13.2 Å². The minimum absolute atomic E-state index is 0.0367. The van der Waals surface area contributed by atoms with Gasteiger partial charge in [0.1, 0.15) is 4.90 Å². The van der Waals surface area contributed by atoms with Crippen molar-refractivity contribution < 1.29 is 13.2 Å². The Bertz CT molecular complexity index is 671. The number of benzene rings is 1. The van der Waals surface area contributed by atoms with Crippen LogP contribution in [0.4, 0.5) is 0 Å². The Balaban J connectivity index is 2.02. The molecule has 0 atom stereocenters. The molecule has 0 saturated carbocycles. The van der Waals surface area contributed by atoms with Gasteiger partial charge in [0.25, 0.3) is 0 Å². The fourth-order valence-electron chi connectivity index (χ4n) is 2.54. The topological polar surface area (TPSA) is 69.7 Å². The summed E-state index contributed by atoms with van der Waals surface area (Å²) < 4.78 is 26.8. The highest BCUT2D eigenvalue weighted by Crippen LogP contribution is 2.26.